The molecule has 8 nitrogen and oxygen atoms in total. The van der Waals surface area contributed by atoms with Crippen LogP contribution < -0.4 is 14.2 Å². The zero-order valence-electron chi connectivity index (χ0n) is 19.8. The van der Waals surface area contributed by atoms with Crippen molar-refractivity contribution in [1.82, 2.24) is 4.57 Å². The van der Waals surface area contributed by atoms with Gasteiger partial charge in [0.25, 0.3) is 0 Å². The van der Waals surface area contributed by atoms with Crippen LogP contribution in [0.25, 0.3) is 6.08 Å². The molecule has 3 aromatic rings. The summed E-state index contributed by atoms with van der Waals surface area (Å²) in [5.41, 5.74) is 2.82. The van der Waals surface area contributed by atoms with Crippen LogP contribution in [0.2, 0.25) is 0 Å². The molecule has 0 radical (unpaired) electrons. The largest absolute Gasteiger partial charge is 0.504 e. The Morgan fingerprint density at radius 2 is 1.91 bits per heavy atom. The van der Waals surface area contributed by atoms with Crippen LogP contribution in [0.15, 0.2) is 54.6 Å². The van der Waals surface area contributed by atoms with E-state index in [1.54, 1.807) is 18.2 Å². The van der Waals surface area contributed by atoms with Crippen molar-refractivity contribution in [2.45, 2.75) is 26.5 Å². The Kier molecular flexibility index (Phi) is 7.10. The molecule has 0 unspecified atom stereocenters. The molecule has 1 aliphatic rings. The van der Waals surface area contributed by atoms with Gasteiger partial charge in [-0.15, -0.1) is 0 Å². The standard InChI is InChI=1S/C27H27NO7/c1-17-12-21(18(2)28(17)14-20-15-33-24-6-4-5-7-25(24)35-20)23(30)16-34-27(31)11-9-19-8-10-22(29)26(13-19)32-3/h4-13,20,29H,14-16H2,1-3H3/b11-9+/t20-/m0/s1. The first-order valence-corrected chi connectivity index (χ1v) is 11.2. The zero-order chi connectivity index (χ0) is 24.9. The number of aromatic hydroxyl groups is 1. The van der Waals surface area contributed by atoms with Gasteiger partial charge in [-0.3, -0.25) is 4.79 Å². The number of benzene rings is 2. The Morgan fingerprint density at radius 3 is 2.69 bits per heavy atom. The molecule has 0 saturated carbocycles. The van der Waals surface area contributed by atoms with E-state index in [4.69, 9.17) is 18.9 Å². The van der Waals surface area contributed by atoms with E-state index in [-0.39, 0.29) is 24.2 Å². The average molecular weight is 478 g/mol. The Hall–Kier alpha value is -4.20. The van der Waals surface area contributed by atoms with Crippen molar-refractivity contribution in [3.63, 3.8) is 0 Å². The fourth-order valence-corrected chi connectivity index (χ4v) is 3.95. The molecular weight excluding hydrogens is 450 g/mol. The number of hydrogen-bond donors (Lipinski definition) is 1. The van der Waals surface area contributed by atoms with Gasteiger partial charge in [0.2, 0.25) is 5.78 Å². The van der Waals surface area contributed by atoms with Crippen molar-refractivity contribution >= 4 is 17.8 Å². The number of Topliss-reactive ketones (excluding diaryl/α,β-unsaturated/α-hetero) is 1. The first-order chi connectivity index (χ1) is 16.9. The molecule has 1 aromatic heterocycles. The van der Waals surface area contributed by atoms with Crippen LogP contribution in [0, 0.1) is 13.8 Å². The smallest absolute Gasteiger partial charge is 0.331 e. The number of esters is 1. The summed E-state index contributed by atoms with van der Waals surface area (Å²) in [4.78, 5) is 24.9. The summed E-state index contributed by atoms with van der Waals surface area (Å²) in [6.07, 6.45) is 2.55. The number of fused-ring (bicyclic) bond motifs is 1. The molecule has 182 valence electrons. The normalized spacial score (nSPS) is 14.7. The Bertz CT molecular complexity index is 1270. The van der Waals surface area contributed by atoms with Crippen molar-refractivity contribution in [3.8, 4) is 23.0 Å². The second kappa shape index (κ2) is 10.4. The molecular formula is C27H27NO7. The van der Waals surface area contributed by atoms with Gasteiger partial charge < -0.3 is 28.6 Å². The van der Waals surface area contributed by atoms with Gasteiger partial charge in [-0.05, 0) is 55.8 Å². The van der Waals surface area contributed by atoms with Crippen LogP contribution in [0.4, 0.5) is 0 Å². The first-order valence-electron chi connectivity index (χ1n) is 11.2. The lowest BCUT2D eigenvalue weighted by Gasteiger charge is -2.27. The van der Waals surface area contributed by atoms with E-state index >= 15 is 0 Å². The quantitative estimate of drug-likeness (QED) is 0.296. The minimum Gasteiger partial charge on any atom is -0.504 e. The van der Waals surface area contributed by atoms with Crippen LogP contribution in [-0.4, -0.2) is 47.9 Å². The van der Waals surface area contributed by atoms with E-state index in [1.807, 2.05) is 42.7 Å². The minimum absolute atomic E-state index is 0.00261. The van der Waals surface area contributed by atoms with Crippen LogP contribution in [0.3, 0.4) is 0 Å². The van der Waals surface area contributed by atoms with Crippen molar-refractivity contribution in [2.75, 3.05) is 20.3 Å². The number of para-hydroxylation sites is 2. The highest BCUT2D eigenvalue weighted by Crippen LogP contribution is 2.32. The van der Waals surface area contributed by atoms with E-state index in [1.165, 1.54) is 25.3 Å². The lowest BCUT2D eigenvalue weighted by atomic mass is 10.1. The van der Waals surface area contributed by atoms with Gasteiger partial charge >= 0.3 is 5.97 Å². The predicted molar refractivity (Wildman–Crippen MR) is 129 cm³/mol. The summed E-state index contributed by atoms with van der Waals surface area (Å²) in [5.74, 6) is 0.784. The van der Waals surface area contributed by atoms with E-state index in [2.05, 4.69) is 0 Å². The number of aromatic nitrogens is 1. The number of carbonyl (C=O) groups is 2. The third kappa shape index (κ3) is 5.48. The Balaban J connectivity index is 1.35. The molecule has 0 bridgehead atoms. The van der Waals surface area contributed by atoms with E-state index in [0.29, 0.717) is 35.8 Å². The lowest BCUT2D eigenvalue weighted by Crippen LogP contribution is -2.33. The topological polar surface area (TPSA) is 96.2 Å². The first kappa shape index (κ1) is 23.9. The zero-order valence-corrected chi connectivity index (χ0v) is 19.8. The highest BCUT2D eigenvalue weighted by molar-refractivity contribution is 6.00. The fraction of sp³-hybridized carbons (Fsp3) is 0.259. The molecule has 1 N–H and O–H groups in total. The molecule has 35 heavy (non-hydrogen) atoms. The Morgan fingerprint density at radius 1 is 1.14 bits per heavy atom. The second-order valence-corrected chi connectivity index (χ2v) is 8.19. The van der Waals surface area contributed by atoms with Crippen molar-refractivity contribution < 1.29 is 33.6 Å². The number of methoxy groups -OCH3 is 1. The maximum absolute atomic E-state index is 12.8. The minimum atomic E-state index is -0.648. The number of hydrogen-bond acceptors (Lipinski definition) is 7. The summed E-state index contributed by atoms with van der Waals surface area (Å²) in [5, 5.41) is 9.65. The SMILES string of the molecule is COc1cc(/C=C/C(=O)OCC(=O)c2cc(C)n(C[C@H]3COc4ccccc4O3)c2C)ccc1O. The summed E-state index contributed by atoms with van der Waals surface area (Å²) in [6.45, 7) is 4.34. The van der Waals surface area contributed by atoms with E-state index < -0.39 is 5.97 Å². The number of aryl methyl sites for hydroxylation is 1. The van der Waals surface area contributed by atoms with Gasteiger partial charge in [-0.1, -0.05) is 18.2 Å². The highest BCUT2D eigenvalue weighted by atomic mass is 16.6. The number of rotatable bonds is 8. The average Bonchev–Trinajstić information content (AvgIpc) is 3.15. The molecule has 0 amide bonds. The fourth-order valence-electron chi connectivity index (χ4n) is 3.95. The molecule has 4 rings (SSSR count). The van der Waals surface area contributed by atoms with Crippen molar-refractivity contribution in [1.29, 1.82) is 0 Å². The van der Waals surface area contributed by atoms with Gasteiger partial charge in [-0.25, -0.2) is 4.79 Å². The molecule has 1 aliphatic heterocycles. The van der Waals surface area contributed by atoms with Crippen molar-refractivity contribution in [3.05, 3.63) is 77.1 Å². The molecule has 8 heteroatoms. The van der Waals surface area contributed by atoms with Crippen LogP contribution in [0.1, 0.15) is 27.3 Å². The van der Waals surface area contributed by atoms with E-state index in [0.717, 1.165) is 17.1 Å². The van der Waals surface area contributed by atoms with Crippen LogP contribution in [0.5, 0.6) is 23.0 Å². The second-order valence-electron chi connectivity index (χ2n) is 8.19. The van der Waals surface area contributed by atoms with Crippen LogP contribution in [-0.2, 0) is 16.1 Å². The number of ketones is 1. The summed E-state index contributed by atoms with van der Waals surface area (Å²) in [7, 11) is 1.44. The molecule has 2 heterocycles. The monoisotopic (exact) mass is 477 g/mol. The molecule has 0 saturated heterocycles. The summed E-state index contributed by atoms with van der Waals surface area (Å²) < 4.78 is 24.0. The molecule has 0 aliphatic carbocycles. The van der Waals surface area contributed by atoms with Gasteiger partial charge in [0, 0.05) is 23.0 Å². The Labute approximate surface area is 203 Å². The van der Waals surface area contributed by atoms with Gasteiger partial charge in [0.05, 0.1) is 13.7 Å². The predicted octanol–water partition coefficient (Wildman–Crippen LogP) is 4.10. The number of phenolic OH excluding ortho intramolecular Hbond substituents is 1. The molecule has 0 fully saturated rings. The molecule has 0 spiro atoms. The number of phenols is 1. The lowest BCUT2D eigenvalue weighted by molar-refractivity contribution is -0.136. The molecule has 2 aromatic carbocycles. The van der Waals surface area contributed by atoms with Gasteiger partial charge in [0.15, 0.2) is 35.7 Å². The number of nitrogens with zero attached hydrogens (tertiary/aromatic N) is 1. The summed E-state index contributed by atoms with van der Waals surface area (Å²) >= 11 is 0. The highest BCUT2D eigenvalue weighted by Gasteiger charge is 2.24. The number of carbonyl (C=O) groups excluding carboxylic acids is 2. The maximum Gasteiger partial charge on any atom is 0.331 e. The van der Waals surface area contributed by atoms with Gasteiger partial charge in [-0.2, -0.15) is 0 Å². The molecule has 1 atom stereocenters. The van der Waals surface area contributed by atoms with Crippen LogP contribution >= 0.6 is 0 Å². The van der Waals surface area contributed by atoms with Gasteiger partial charge in [0.1, 0.15) is 6.61 Å². The van der Waals surface area contributed by atoms with Crippen molar-refractivity contribution in [2.24, 2.45) is 0 Å². The van der Waals surface area contributed by atoms with E-state index in [9.17, 15) is 14.7 Å². The number of ether oxygens (including phenoxy) is 4. The summed E-state index contributed by atoms with van der Waals surface area (Å²) in [6, 6.07) is 14.0. The third-order valence-corrected chi connectivity index (χ3v) is 5.79. The third-order valence-electron chi connectivity index (χ3n) is 5.79. The maximum atomic E-state index is 12.8.